The summed E-state index contributed by atoms with van der Waals surface area (Å²) < 4.78 is 14.1. The highest BCUT2D eigenvalue weighted by Gasteiger charge is 2.23. The predicted octanol–water partition coefficient (Wildman–Crippen LogP) is 2.81. The molecule has 0 unspecified atom stereocenters. The number of benzene rings is 1. The van der Waals surface area contributed by atoms with Crippen molar-refractivity contribution in [2.24, 2.45) is 0 Å². The maximum Gasteiger partial charge on any atom is 0.266 e. The molecule has 3 rings (SSSR count). The molecular weight excluding hydrogens is 283 g/mol. The molecule has 1 aromatic heterocycles. The van der Waals surface area contributed by atoms with Crippen LogP contribution in [-0.2, 0) is 0 Å². The third-order valence-corrected chi connectivity index (χ3v) is 5.30. The Kier molecular flexibility index (Phi) is 3.36. The van der Waals surface area contributed by atoms with Crippen LogP contribution >= 0.6 is 23.1 Å². The van der Waals surface area contributed by atoms with E-state index in [2.05, 4.69) is 0 Å². The molecule has 100 valence electrons. The molecule has 0 radical (unpaired) electrons. The van der Waals surface area contributed by atoms with Gasteiger partial charge in [0.15, 0.2) is 0 Å². The molecule has 2 aromatic rings. The number of nitrogens with zero attached hydrogens (tertiary/aromatic N) is 1. The fourth-order valence-electron chi connectivity index (χ4n) is 2.16. The molecule has 2 heterocycles. The van der Waals surface area contributed by atoms with Gasteiger partial charge in [0.25, 0.3) is 5.91 Å². The van der Waals surface area contributed by atoms with Gasteiger partial charge in [-0.1, -0.05) is 0 Å². The lowest BCUT2D eigenvalue weighted by Crippen LogP contribution is -2.37. The van der Waals surface area contributed by atoms with Gasteiger partial charge in [0.2, 0.25) is 0 Å². The third kappa shape index (κ3) is 2.30. The van der Waals surface area contributed by atoms with E-state index in [1.807, 2.05) is 16.7 Å². The SMILES string of the molecule is Nc1c(C(=O)N2CCSCC2)sc2ccc(F)cc12. The molecule has 2 N–H and O–H groups in total. The second-order valence-corrected chi connectivity index (χ2v) is 6.67. The van der Waals surface area contributed by atoms with Gasteiger partial charge in [-0.25, -0.2) is 4.39 Å². The molecule has 1 aromatic carbocycles. The van der Waals surface area contributed by atoms with E-state index in [0.717, 1.165) is 29.3 Å². The van der Waals surface area contributed by atoms with Gasteiger partial charge in [0, 0.05) is 34.7 Å². The zero-order valence-corrected chi connectivity index (χ0v) is 11.8. The quantitative estimate of drug-likeness (QED) is 0.880. The molecule has 6 heteroatoms. The Morgan fingerprint density at radius 3 is 2.79 bits per heavy atom. The van der Waals surface area contributed by atoms with E-state index in [-0.39, 0.29) is 11.7 Å². The Balaban J connectivity index is 2.00. The fourth-order valence-corrected chi connectivity index (χ4v) is 4.13. The molecule has 0 spiro atoms. The maximum atomic E-state index is 13.2. The van der Waals surface area contributed by atoms with Crippen molar-refractivity contribution in [1.82, 2.24) is 4.90 Å². The Hall–Kier alpha value is -1.27. The van der Waals surface area contributed by atoms with Gasteiger partial charge in [0.1, 0.15) is 10.7 Å². The van der Waals surface area contributed by atoms with E-state index in [9.17, 15) is 9.18 Å². The predicted molar refractivity (Wildman–Crippen MR) is 79.4 cm³/mol. The van der Waals surface area contributed by atoms with E-state index in [1.165, 1.54) is 23.5 Å². The van der Waals surface area contributed by atoms with Crippen molar-refractivity contribution >= 4 is 44.8 Å². The number of halogens is 1. The van der Waals surface area contributed by atoms with Crippen molar-refractivity contribution in [2.75, 3.05) is 30.3 Å². The van der Waals surface area contributed by atoms with Crippen molar-refractivity contribution in [3.63, 3.8) is 0 Å². The first-order valence-corrected chi connectivity index (χ1v) is 7.98. The van der Waals surface area contributed by atoms with E-state index in [0.29, 0.717) is 16.0 Å². The highest BCUT2D eigenvalue weighted by atomic mass is 32.2. The number of rotatable bonds is 1. The summed E-state index contributed by atoms with van der Waals surface area (Å²) in [6.07, 6.45) is 0. The number of amides is 1. The molecule has 0 saturated carbocycles. The van der Waals surface area contributed by atoms with E-state index >= 15 is 0 Å². The van der Waals surface area contributed by atoms with Crippen LogP contribution in [0.5, 0.6) is 0 Å². The van der Waals surface area contributed by atoms with Gasteiger partial charge in [-0.2, -0.15) is 11.8 Å². The summed E-state index contributed by atoms with van der Waals surface area (Å²) in [5.74, 6) is 1.57. The van der Waals surface area contributed by atoms with Gasteiger partial charge in [-0.3, -0.25) is 4.79 Å². The smallest absolute Gasteiger partial charge is 0.266 e. The molecule has 1 fully saturated rings. The molecule has 1 aliphatic rings. The lowest BCUT2D eigenvalue weighted by molar-refractivity contribution is 0.0778. The van der Waals surface area contributed by atoms with Crippen molar-refractivity contribution in [3.8, 4) is 0 Å². The lowest BCUT2D eigenvalue weighted by atomic mass is 10.2. The zero-order chi connectivity index (χ0) is 13.4. The largest absolute Gasteiger partial charge is 0.397 e. The van der Waals surface area contributed by atoms with Crippen LogP contribution < -0.4 is 5.73 Å². The van der Waals surface area contributed by atoms with E-state index in [4.69, 9.17) is 5.73 Å². The molecule has 0 bridgehead atoms. The highest BCUT2D eigenvalue weighted by molar-refractivity contribution is 7.99. The summed E-state index contributed by atoms with van der Waals surface area (Å²) in [6, 6.07) is 4.46. The summed E-state index contributed by atoms with van der Waals surface area (Å²) in [7, 11) is 0. The summed E-state index contributed by atoms with van der Waals surface area (Å²) >= 11 is 3.20. The average molecular weight is 296 g/mol. The summed E-state index contributed by atoms with van der Waals surface area (Å²) in [6.45, 7) is 1.51. The number of thioether (sulfide) groups is 1. The van der Waals surface area contributed by atoms with Crippen LogP contribution in [0.4, 0.5) is 10.1 Å². The Morgan fingerprint density at radius 1 is 1.32 bits per heavy atom. The summed E-state index contributed by atoms with van der Waals surface area (Å²) in [5, 5.41) is 0.639. The normalized spacial score (nSPS) is 15.9. The Bertz CT molecular complexity index is 635. The number of thiophene rings is 1. The number of hydrogen-bond acceptors (Lipinski definition) is 4. The number of carbonyl (C=O) groups is 1. The molecule has 1 aliphatic heterocycles. The number of carbonyl (C=O) groups excluding carboxylic acids is 1. The van der Waals surface area contributed by atoms with Crippen molar-refractivity contribution in [3.05, 3.63) is 28.9 Å². The average Bonchev–Trinajstić information content (AvgIpc) is 2.76. The molecule has 3 nitrogen and oxygen atoms in total. The van der Waals surface area contributed by atoms with Crippen LogP contribution in [0.15, 0.2) is 18.2 Å². The van der Waals surface area contributed by atoms with Gasteiger partial charge >= 0.3 is 0 Å². The number of nitrogens with two attached hydrogens (primary N) is 1. The van der Waals surface area contributed by atoms with Gasteiger partial charge in [0.05, 0.1) is 5.69 Å². The first-order valence-electron chi connectivity index (χ1n) is 6.01. The minimum atomic E-state index is -0.328. The third-order valence-electron chi connectivity index (χ3n) is 3.18. The van der Waals surface area contributed by atoms with E-state index in [1.54, 1.807) is 6.07 Å². The second kappa shape index (κ2) is 5.02. The monoisotopic (exact) mass is 296 g/mol. The standard InChI is InChI=1S/C13H13FN2OS2/c14-8-1-2-10-9(7-8)11(15)12(19-10)13(17)16-3-5-18-6-4-16/h1-2,7H,3-6,15H2. The summed E-state index contributed by atoms with van der Waals surface area (Å²) in [4.78, 5) is 14.8. The molecule has 0 aliphatic carbocycles. The first-order chi connectivity index (χ1) is 9.16. The topological polar surface area (TPSA) is 46.3 Å². The van der Waals surface area contributed by atoms with Crippen LogP contribution in [0.2, 0.25) is 0 Å². The van der Waals surface area contributed by atoms with Crippen LogP contribution in [0.25, 0.3) is 10.1 Å². The Labute approximate surface area is 118 Å². The highest BCUT2D eigenvalue weighted by Crippen LogP contribution is 2.35. The molecule has 0 atom stereocenters. The van der Waals surface area contributed by atoms with Gasteiger partial charge in [-0.05, 0) is 18.2 Å². The number of hydrogen-bond donors (Lipinski definition) is 1. The zero-order valence-electron chi connectivity index (χ0n) is 10.2. The summed E-state index contributed by atoms with van der Waals surface area (Å²) in [5.41, 5.74) is 6.41. The van der Waals surface area contributed by atoms with Crippen molar-refractivity contribution in [2.45, 2.75) is 0 Å². The minimum Gasteiger partial charge on any atom is -0.397 e. The molecular formula is C13H13FN2OS2. The van der Waals surface area contributed by atoms with Crippen molar-refractivity contribution in [1.29, 1.82) is 0 Å². The van der Waals surface area contributed by atoms with Crippen LogP contribution in [0.1, 0.15) is 9.67 Å². The van der Waals surface area contributed by atoms with E-state index < -0.39 is 0 Å². The van der Waals surface area contributed by atoms with Gasteiger partial charge in [-0.15, -0.1) is 11.3 Å². The first kappa shape index (κ1) is 12.7. The molecule has 1 saturated heterocycles. The second-order valence-electron chi connectivity index (χ2n) is 4.39. The fraction of sp³-hybridized carbons (Fsp3) is 0.308. The van der Waals surface area contributed by atoms with Gasteiger partial charge < -0.3 is 10.6 Å². The van der Waals surface area contributed by atoms with Crippen LogP contribution in [0.3, 0.4) is 0 Å². The lowest BCUT2D eigenvalue weighted by Gasteiger charge is -2.26. The maximum absolute atomic E-state index is 13.2. The minimum absolute atomic E-state index is 0.0283. The number of fused-ring (bicyclic) bond motifs is 1. The van der Waals surface area contributed by atoms with Crippen molar-refractivity contribution < 1.29 is 9.18 Å². The molecule has 19 heavy (non-hydrogen) atoms. The Morgan fingerprint density at radius 2 is 2.05 bits per heavy atom. The molecule has 1 amide bonds. The van der Waals surface area contributed by atoms with Crippen LogP contribution in [0, 0.1) is 5.82 Å². The number of nitrogen functional groups attached to an aromatic ring is 1. The number of anilines is 1. The van der Waals surface area contributed by atoms with Crippen LogP contribution in [-0.4, -0.2) is 35.4 Å².